The Balaban J connectivity index is 2.33. The van der Waals surface area contributed by atoms with Gasteiger partial charge in [-0.1, -0.05) is 18.2 Å². The topological polar surface area (TPSA) is 41.6 Å². The molecule has 0 atom stereocenters. The molecular formula is C11H14N2O2. The van der Waals surface area contributed by atoms with E-state index in [-0.39, 0.29) is 5.91 Å². The van der Waals surface area contributed by atoms with Gasteiger partial charge in [-0.25, -0.2) is 0 Å². The van der Waals surface area contributed by atoms with Gasteiger partial charge in [-0.3, -0.25) is 14.7 Å². The minimum atomic E-state index is 0.0616. The molecule has 0 unspecified atom stereocenters. The highest BCUT2D eigenvalue weighted by Gasteiger charge is 2.15. The number of carbonyl (C=O) groups excluding carboxylic acids is 1. The van der Waals surface area contributed by atoms with E-state index in [9.17, 15) is 4.79 Å². The molecule has 1 aromatic rings. The predicted molar refractivity (Wildman–Crippen MR) is 57.3 cm³/mol. The molecule has 0 saturated heterocycles. The van der Waals surface area contributed by atoms with Crippen LogP contribution in [0, 0.1) is 0 Å². The maximum atomic E-state index is 11.3. The molecule has 80 valence electrons. The van der Waals surface area contributed by atoms with Gasteiger partial charge in [0.15, 0.2) is 0 Å². The lowest BCUT2D eigenvalue weighted by atomic mass is 10.1. The van der Waals surface area contributed by atoms with Gasteiger partial charge >= 0.3 is 0 Å². The lowest BCUT2D eigenvalue weighted by molar-refractivity contribution is -0.121. The number of fused-ring (bicyclic) bond motifs is 1. The Morgan fingerprint density at radius 2 is 2.20 bits per heavy atom. The minimum Gasteiger partial charge on any atom is -0.352 e. The van der Waals surface area contributed by atoms with Crippen LogP contribution in [0.15, 0.2) is 24.3 Å². The van der Waals surface area contributed by atoms with E-state index in [0.29, 0.717) is 19.5 Å². The van der Waals surface area contributed by atoms with Crippen molar-refractivity contribution in [2.24, 2.45) is 0 Å². The number of hydrogen-bond acceptors (Lipinski definition) is 3. The summed E-state index contributed by atoms with van der Waals surface area (Å²) in [6.07, 6.45) is 0.460. The first-order chi connectivity index (χ1) is 7.31. The third-order valence-corrected chi connectivity index (χ3v) is 2.50. The van der Waals surface area contributed by atoms with E-state index in [1.165, 1.54) is 0 Å². The highest BCUT2D eigenvalue weighted by molar-refractivity contribution is 5.77. The van der Waals surface area contributed by atoms with E-state index in [4.69, 9.17) is 4.84 Å². The fourth-order valence-electron chi connectivity index (χ4n) is 1.70. The fourth-order valence-corrected chi connectivity index (χ4v) is 1.70. The van der Waals surface area contributed by atoms with Crippen molar-refractivity contribution >= 4 is 11.6 Å². The van der Waals surface area contributed by atoms with Crippen molar-refractivity contribution in [3.05, 3.63) is 29.8 Å². The first kappa shape index (κ1) is 9.98. The average molecular weight is 206 g/mol. The van der Waals surface area contributed by atoms with Gasteiger partial charge in [0.2, 0.25) is 5.91 Å². The molecule has 1 aromatic carbocycles. The molecule has 4 heteroatoms. The molecule has 0 fully saturated rings. The van der Waals surface area contributed by atoms with Crippen LogP contribution in [0.1, 0.15) is 12.0 Å². The van der Waals surface area contributed by atoms with Crippen LogP contribution in [0.25, 0.3) is 0 Å². The number of amides is 1. The number of benzene rings is 1. The van der Waals surface area contributed by atoms with Gasteiger partial charge in [0.1, 0.15) is 0 Å². The van der Waals surface area contributed by atoms with Crippen molar-refractivity contribution in [2.45, 2.75) is 13.0 Å². The largest absolute Gasteiger partial charge is 0.352 e. The molecule has 2 rings (SSSR count). The van der Waals surface area contributed by atoms with Crippen LogP contribution in [-0.4, -0.2) is 19.6 Å². The molecule has 0 radical (unpaired) electrons. The van der Waals surface area contributed by atoms with Crippen LogP contribution in [-0.2, 0) is 16.2 Å². The molecule has 0 aliphatic carbocycles. The zero-order valence-corrected chi connectivity index (χ0v) is 8.69. The van der Waals surface area contributed by atoms with Gasteiger partial charge in [-0.05, 0) is 11.6 Å². The SMILES string of the molecule is CON1CCC(=O)NCc2ccccc21. The number of rotatable bonds is 1. The summed E-state index contributed by atoms with van der Waals surface area (Å²) >= 11 is 0. The number of hydroxylamine groups is 1. The number of hydrogen-bond donors (Lipinski definition) is 1. The monoisotopic (exact) mass is 206 g/mol. The number of para-hydroxylation sites is 1. The third-order valence-electron chi connectivity index (χ3n) is 2.50. The Bertz CT molecular complexity index is 365. The summed E-state index contributed by atoms with van der Waals surface area (Å²) in [5.41, 5.74) is 2.10. The van der Waals surface area contributed by atoms with Crippen LogP contribution in [0.5, 0.6) is 0 Å². The Hall–Kier alpha value is -1.55. The molecule has 1 aliphatic rings. The highest BCUT2D eigenvalue weighted by Crippen LogP contribution is 2.21. The van der Waals surface area contributed by atoms with Gasteiger partial charge in [-0.15, -0.1) is 0 Å². The second kappa shape index (κ2) is 4.31. The third kappa shape index (κ3) is 2.10. The van der Waals surface area contributed by atoms with Crippen molar-refractivity contribution in [1.29, 1.82) is 0 Å². The standard InChI is InChI=1S/C11H14N2O2/c1-15-13-7-6-11(14)12-8-9-4-2-3-5-10(9)13/h2-5H,6-8H2,1H3,(H,12,14). The normalized spacial score (nSPS) is 16.3. The number of nitrogens with one attached hydrogen (secondary N) is 1. The maximum absolute atomic E-state index is 11.3. The van der Waals surface area contributed by atoms with E-state index in [2.05, 4.69) is 5.32 Å². The average Bonchev–Trinajstić information content (AvgIpc) is 2.26. The molecule has 0 bridgehead atoms. The second-order valence-electron chi connectivity index (χ2n) is 3.44. The van der Waals surface area contributed by atoms with Crippen LogP contribution in [0.2, 0.25) is 0 Å². The van der Waals surface area contributed by atoms with Crippen molar-refractivity contribution in [3.63, 3.8) is 0 Å². The minimum absolute atomic E-state index is 0.0616. The molecule has 1 N–H and O–H groups in total. The van der Waals surface area contributed by atoms with Gasteiger partial charge in [-0.2, -0.15) is 0 Å². The van der Waals surface area contributed by atoms with Gasteiger partial charge in [0.05, 0.1) is 19.3 Å². The molecule has 15 heavy (non-hydrogen) atoms. The van der Waals surface area contributed by atoms with E-state index < -0.39 is 0 Å². The van der Waals surface area contributed by atoms with Crippen LogP contribution < -0.4 is 10.4 Å². The molecule has 4 nitrogen and oxygen atoms in total. The summed E-state index contributed by atoms with van der Waals surface area (Å²) in [6.45, 7) is 1.15. The summed E-state index contributed by atoms with van der Waals surface area (Å²) in [6, 6.07) is 7.91. The molecule has 1 aliphatic heterocycles. The Morgan fingerprint density at radius 3 is 3.00 bits per heavy atom. The van der Waals surface area contributed by atoms with Crippen molar-refractivity contribution in [2.75, 3.05) is 18.7 Å². The van der Waals surface area contributed by atoms with Crippen molar-refractivity contribution in [3.8, 4) is 0 Å². The van der Waals surface area contributed by atoms with Crippen LogP contribution in [0.3, 0.4) is 0 Å². The fraction of sp³-hybridized carbons (Fsp3) is 0.364. The van der Waals surface area contributed by atoms with E-state index in [1.807, 2.05) is 24.3 Å². The van der Waals surface area contributed by atoms with Crippen molar-refractivity contribution in [1.82, 2.24) is 5.32 Å². The predicted octanol–water partition coefficient (Wildman–Crippen LogP) is 1.07. The highest BCUT2D eigenvalue weighted by atomic mass is 16.7. The van der Waals surface area contributed by atoms with E-state index in [0.717, 1.165) is 11.3 Å². The molecular weight excluding hydrogens is 192 g/mol. The zero-order valence-electron chi connectivity index (χ0n) is 8.69. The Labute approximate surface area is 88.8 Å². The quantitative estimate of drug-likeness (QED) is 0.747. The molecule has 0 aromatic heterocycles. The maximum Gasteiger partial charge on any atom is 0.222 e. The number of carbonyl (C=O) groups is 1. The molecule has 0 spiro atoms. The lowest BCUT2D eigenvalue weighted by Gasteiger charge is -2.26. The van der Waals surface area contributed by atoms with Gasteiger partial charge in [0.25, 0.3) is 0 Å². The number of nitrogens with zero attached hydrogens (tertiary/aromatic N) is 1. The Morgan fingerprint density at radius 1 is 1.40 bits per heavy atom. The summed E-state index contributed by atoms with van der Waals surface area (Å²) in [4.78, 5) is 16.6. The first-order valence-electron chi connectivity index (χ1n) is 4.97. The second-order valence-corrected chi connectivity index (χ2v) is 3.44. The zero-order chi connectivity index (χ0) is 10.7. The first-order valence-corrected chi connectivity index (χ1v) is 4.97. The number of anilines is 1. The van der Waals surface area contributed by atoms with E-state index >= 15 is 0 Å². The molecule has 0 saturated carbocycles. The van der Waals surface area contributed by atoms with Crippen LogP contribution >= 0.6 is 0 Å². The smallest absolute Gasteiger partial charge is 0.222 e. The summed E-state index contributed by atoms with van der Waals surface area (Å²) in [5.74, 6) is 0.0616. The molecule has 1 amide bonds. The van der Waals surface area contributed by atoms with Gasteiger partial charge < -0.3 is 5.32 Å². The van der Waals surface area contributed by atoms with Crippen LogP contribution in [0.4, 0.5) is 5.69 Å². The van der Waals surface area contributed by atoms with Crippen molar-refractivity contribution < 1.29 is 9.63 Å². The van der Waals surface area contributed by atoms with Gasteiger partial charge in [0, 0.05) is 13.0 Å². The summed E-state index contributed by atoms with van der Waals surface area (Å²) < 4.78 is 0. The lowest BCUT2D eigenvalue weighted by Crippen LogP contribution is -2.34. The van der Waals surface area contributed by atoms with E-state index in [1.54, 1.807) is 12.2 Å². The molecule has 1 heterocycles. The Kier molecular flexibility index (Phi) is 2.87. The summed E-state index contributed by atoms with van der Waals surface area (Å²) in [7, 11) is 1.62. The summed E-state index contributed by atoms with van der Waals surface area (Å²) in [5, 5.41) is 4.62.